The second-order valence-electron chi connectivity index (χ2n) is 5.72. The first kappa shape index (κ1) is 16.1. The molecule has 0 radical (unpaired) electrons. The van der Waals surface area contributed by atoms with Crippen LogP contribution >= 0.6 is 0 Å². The SMILES string of the molecule is CCc1ccc(N[C@@H]2CC(=O)N(c3cccc(OC)c3)C2=O)cc1. The number of ether oxygens (including phenoxy) is 1. The normalized spacial score (nSPS) is 17.2. The fourth-order valence-corrected chi connectivity index (χ4v) is 2.80. The highest BCUT2D eigenvalue weighted by Gasteiger charge is 2.39. The van der Waals surface area contributed by atoms with E-state index in [1.807, 2.05) is 24.3 Å². The standard InChI is InChI=1S/C19H20N2O3/c1-3-13-7-9-14(10-8-13)20-17-12-18(22)21(19(17)23)15-5-4-6-16(11-15)24-2/h4-11,17,20H,3,12H2,1-2H3/t17-/m1/s1. The Kier molecular flexibility index (Phi) is 4.51. The van der Waals surface area contributed by atoms with Gasteiger partial charge in [-0.3, -0.25) is 9.59 Å². The van der Waals surface area contributed by atoms with Crippen molar-refractivity contribution in [2.75, 3.05) is 17.3 Å². The number of methoxy groups -OCH3 is 1. The zero-order valence-corrected chi connectivity index (χ0v) is 13.8. The van der Waals surface area contributed by atoms with Crippen molar-refractivity contribution in [3.05, 3.63) is 54.1 Å². The molecule has 1 fully saturated rings. The number of amides is 2. The lowest BCUT2D eigenvalue weighted by atomic mass is 10.1. The third-order valence-corrected chi connectivity index (χ3v) is 4.16. The largest absolute Gasteiger partial charge is 0.497 e. The van der Waals surface area contributed by atoms with E-state index in [1.165, 1.54) is 10.5 Å². The van der Waals surface area contributed by atoms with Gasteiger partial charge in [-0.1, -0.05) is 25.1 Å². The molecule has 2 amide bonds. The van der Waals surface area contributed by atoms with Gasteiger partial charge in [-0.25, -0.2) is 4.90 Å². The van der Waals surface area contributed by atoms with Crippen LogP contribution in [0.4, 0.5) is 11.4 Å². The average molecular weight is 324 g/mol. The predicted molar refractivity (Wildman–Crippen MR) is 93.3 cm³/mol. The fourth-order valence-electron chi connectivity index (χ4n) is 2.80. The maximum Gasteiger partial charge on any atom is 0.256 e. The lowest BCUT2D eigenvalue weighted by Gasteiger charge is -2.17. The molecule has 0 spiro atoms. The fraction of sp³-hybridized carbons (Fsp3) is 0.263. The van der Waals surface area contributed by atoms with Gasteiger partial charge < -0.3 is 10.1 Å². The molecule has 1 heterocycles. The van der Waals surface area contributed by atoms with Gasteiger partial charge in [0.2, 0.25) is 5.91 Å². The van der Waals surface area contributed by atoms with Crippen molar-refractivity contribution in [3.8, 4) is 5.75 Å². The summed E-state index contributed by atoms with van der Waals surface area (Å²) in [7, 11) is 1.55. The second-order valence-corrected chi connectivity index (χ2v) is 5.72. The van der Waals surface area contributed by atoms with Gasteiger partial charge in [0.15, 0.2) is 0 Å². The van der Waals surface area contributed by atoms with Crippen LogP contribution in [0.15, 0.2) is 48.5 Å². The monoisotopic (exact) mass is 324 g/mol. The van der Waals surface area contributed by atoms with Crippen molar-refractivity contribution in [1.82, 2.24) is 0 Å². The van der Waals surface area contributed by atoms with E-state index >= 15 is 0 Å². The highest BCUT2D eigenvalue weighted by atomic mass is 16.5. The van der Waals surface area contributed by atoms with E-state index in [9.17, 15) is 9.59 Å². The molecule has 0 saturated carbocycles. The number of rotatable bonds is 5. The van der Waals surface area contributed by atoms with Crippen molar-refractivity contribution in [2.24, 2.45) is 0 Å². The zero-order chi connectivity index (χ0) is 17.1. The molecular weight excluding hydrogens is 304 g/mol. The minimum Gasteiger partial charge on any atom is -0.497 e. The van der Waals surface area contributed by atoms with E-state index in [-0.39, 0.29) is 18.2 Å². The van der Waals surface area contributed by atoms with Gasteiger partial charge in [0, 0.05) is 11.8 Å². The van der Waals surface area contributed by atoms with Gasteiger partial charge in [0.05, 0.1) is 19.2 Å². The number of carbonyl (C=O) groups excluding carboxylic acids is 2. The van der Waals surface area contributed by atoms with E-state index < -0.39 is 6.04 Å². The minimum absolute atomic E-state index is 0.144. The summed E-state index contributed by atoms with van der Waals surface area (Å²) >= 11 is 0. The summed E-state index contributed by atoms with van der Waals surface area (Å²) in [5, 5.41) is 3.16. The molecule has 5 nitrogen and oxygen atoms in total. The van der Waals surface area contributed by atoms with Crippen molar-refractivity contribution < 1.29 is 14.3 Å². The summed E-state index contributed by atoms with van der Waals surface area (Å²) in [6.07, 6.45) is 1.11. The first-order valence-electron chi connectivity index (χ1n) is 7.98. The quantitative estimate of drug-likeness (QED) is 0.859. The molecule has 1 N–H and O–H groups in total. The number of hydrogen-bond acceptors (Lipinski definition) is 4. The molecular formula is C19H20N2O3. The molecule has 24 heavy (non-hydrogen) atoms. The predicted octanol–water partition coefficient (Wildman–Crippen LogP) is 3.00. The van der Waals surface area contributed by atoms with Crippen molar-refractivity contribution in [3.63, 3.8) is 0 Å². The maximum atomic E-state index is 12.6. The smallest absolute Gasteiger partial charge is 0.256 e. The molecule has 3 rings (SSSR count). The van der Waals surface area contributed by atoms with Gasteiger partial charge in [-0.15, -0.1) is 0 Å². The Morgan fingerprint density at radius 1 is 1.17 bits per heavy atom. The number of imide groups is 1. The molecule has 1 aliphatic heterocycles. The van der Waals surface area contributed by atoms with Gasteiger partial charge in [0.25, 0.3) is 5.91 Å². The van der Waals surface area contributed by atoms with Crippen LogP contribution in [0.1, 0.15) is 18.9 Å². The van der Waals surface area contributed by atoms with Crippen LogP contribution in [-0.2, 0) is 16.0 Å². The lowest BCUT2D eigenvalue weighted by molar-refractivity contribution is -0.121. The Bertz CT molecular complexity index is 755. The first-order valence-corrected chi connectivity index (χ1v) is 7.98. The van der Waals surface area contributed by atoms with Gasteiger partial charge in [0.1, 0.15) is 11.8 Å². The highest BCUT2D eigenvalue weighted by molar-refractivity contribution is 6.23. The van der Waals surface area contributed by atoms with Crippen LogP contribution < -0.4 is 15.0 Å². The van der Waals surface area contributed by atoms with Crippen LogP contribution in [0.5, 0.6) is 5.75 Å². The summed E-state index contributed by atoms with van der Waals surface area (Å²) in [5.74, 6) is 0.156. The number of benzene rings is 2. The number of nitrogens with one attached hydrogen (secondary N) is 1. The summed E-state index contributed by atoms with van der Waals surface area (Å²) in [4.78, 5) is 26.2. The first-order chi connectivity index (χ1) is 11.6. The highest BCUT2D eigenvalue weighted by Crippen LogP contribution is 2.27. The van der Waals surface area contributed by atoms with Crippen molar-refractivity contribution in [1.29, 1.82) is 0 Å². The number of anilines is 2. The summed E-state index contributed by atoms with van der Waals surface area (Å²) in [6.45, 7) is 2.09. The lowest BCUT2D eigenvalue weighted by Crippen LogP contribution is -2.34. The zero-order valence-electron chi connectivity index (χ0n) is 13.8. The molecule has 0 bridgehead atoms. The second kappa shape index (κ2) is 6.74. The molecule has 1 saturated heterocycles. The van der Waals surface area contributed by atoms with E-state index in [0.29, 0.717) is 11.4 Å². The van der Waals surface area contributed by atoms with E-state index in [4.69, 9.17) is 4.74 Å². The summed E-state index contributed by atoms with van der Waals surface area (Å²) < 4.78 is 5.16. The number of aryl methyl sites for hydroxylation is 1. The van der Waals surface area contributed by atoms with Crippen LogP contribution in [0.2, 0.25) is 0 Å². The van der Waals surface area contributed by atoms with Crippen LogP contribution in [0.3, 0.4) is 0 Å². The minimum atomic E-state index is -0.545. The van der Waals surface area contributed by atoms with Crippen molar-refractivity contribution >= 4 is 23.2 Å². The van der Waals surface area contributed by atoms with Crippen molar-refractivity contribution in [2.45, 2.75) is 25.8 Å². The molecule has 0 aliphatic carbocycles. The van der Waals surface area contributed by atoms with Gasteiger partial charge in [-0.2, -0.15) is 0 Å². The molecule has 124 valence electrons. The molecule has 5 heteroatoms. The maximum absolute atomic E-state index is 12.6. The van der Waals surface area contributed by atoms with Crippen LogP contribution in [0, 0.1) is 0 Å². The Labute approximate surface area is 141 Å². The Morgan fingerprint density at radius 2 is 1.92 bits per heavy atom. The van der Waals surface area contributed by atoms with Gasteiger partial charge >= 0.3 is 0 Å². The molecule has 1 atom stereocenters. The molecule has 1 aliphatic rings. The topological polar surface area (TPSA) is 58.6 Å². The molecule has 2 aromatic rings. The summed E-state index contributed by atoms with van der Waals surface area (Å²) in [6, 6.07) is 14.3. The number of hydrogen-bond donors (Lipinski definition) is 1. The average Bonchev–Trinajstić information content (AvgIpc) is 2.89. The third-order valence-electron chi connectivity index (χ3n) is 4.16. The molecule has 0 unspecified atom stereocenters. The Hall–Kier alpha value is -2.82. The van der Waals surface area contributed by atoms with Crippen LogP contribution in [-0.4, -0.2) is 25.0 Å². The number of nitrogens with zero attached hydrogens (tertiary/aromatic N) is 1. The molecule has 2 aromatic carbocycles. The number of carbonyl (C=O) groups is 2. The van der Waals surface area contributed by atoms with E-state index in [2.05, 4.69) is 12.2 Å². The van der Waals surface area contributed by atoms with E-state index in [1.54, 1.807) is 31.4 Å². The third kappa shape index (κ3) is 3.11. The van der Waals surface area contributed by atoms with E-state index in [0.717, 1.165) is 12.1 Å². The van der Waals surface area contributed by atoms with Gasteiger partial charge in [-0.05, 0) is 36.2 Å². The Morgan fingerprint density at radius 3 is 2.58 bits per heavy atom. The summed E-state index contributed by atoms with van der Waals surface area (Å²) in [5.41, 5.74) is 2.60. The Balaban J connectivity index is 1.77. The molecule has 0 aromatic heterocycles. The van der Waals surface area contributed by atoms with Crippen LogP contribution in [0.25, 0.3) is 0 Å².